The van der Waals surface area contributed by atoms with E-state index in [0.29, 0.717) is 0 Å². The first kappa shape index (κ1) is 15.7. The number of carbonyl (C=O) groups excluding carboxylic acids is 2. The van der Waals surface area contributed by atoms with E-state index < -0.39 is 0 Å². The van der Waals surface area contributed by atoms with Gasteiger partial charge in [0, 0.05) is 13.8 Å². The summed E-state index contributed by atoms with van der Waals surface area (Å²) in [6.07, 6.45) is 0. The van der Waals surface area contributed by atoms with Gasteiger partial charge in [-0.2, -0.15) is 0 Å². The zero-order chi connectivity index (χ0) is 5.15. The number of carbonyl (C=O) groups is 2. The summed E-state index contributed by atoms with van der Waals surface area (Å²) in [5, 5.41) is 0. The monoisotopic (exact) mass is 158 g/mol. The van der Waals surface area contributed by atoms with E-state index in [2.05, 4.69) is 0 Å². The van der Waals surface area contributed by atoms with E-state index in [1.165, 1.54) is 13.8 Å². The van der Waals surface area contributed by atoms with Crippen molar-refractivity contribution < 1.29 is 9.59 Å². The van der Waals surface area contributed by atoms with Gasteiger partial charge < -0.3 is 0 Å². The van der Waals surface area contributed by atoms with Crippen molar-refractivity contribution >= 4 is 36.4 Å². The van der Waals surface area contributed by atoms with Crippen molar-refractivity contribution in [2.75, 3.05) is 0 Å². The maximum absolute atomic E-state index is 9.79. The molecule has 8 heavy (non-hydrogen) atoms. The van der Waals surface area contributed by atoms with Gasteiger partial charge >= 0.3 is 0 Å². The molecule has 0 aromatic carbocycles. The molecule has 0 heterocycles. The first-order valence-corrected chi connectivity index (χ1v) is 1.66. The molecule has 4 heteroatoms. The highest BCUT2D eigenvalue weighted by Gasteiger charge is 1.94. The van der Waals surface area contributed by atoms with Crippen LogP contribution in [0.2, 0.25) is 0 Å². The Labute approximate surface area is 60.5 Å². The van der Waals surface area contributed by atoms with E-state index in [1.807, 2.05) is 0 Å². The van der Waals surface area contributed by atoms with Crippen LogP contribution in [0.3, 0.4) is 0 Å². The lowest BCUT2D eigenvalue weighted by atomic mass is 10.3. The van der Waals surface area contributed by atoms with Crippen LogP contribution in [-0.4, -0.2) is 11.6 Å². The molecule has 0 atom stereocenters. The average molecular weight is 159 g/mol. The minimum Gasteiger partial charge on any atom is -0.291 e. The molecule has 0 bridgehead atoms. The van der Waals surface area contributed by atoms with E-state index in [-0.39, 0.29) is 36.4 Å². The Morgan fingerprint density at radius 1 is 0.875 bits per heavy atom. The highest BCUT2D eigenvalue weighted by molar-refractivity contribution is 6.35. The quantitative estimate of drug-likeness (QED) is 0.535. The van der Waals surface area contributed by atoms with Crippen LogP contribution in [-0.2, 0) is 9.59 Å². The summed E-state index contributed by atoms with van der Waals surface area (Å²) < 4.78 is 0. The molecule has 0 aliphatic heterocycles. The maximum Gasteiger partial charge on any atom is 0.195 e. The second-order valence-corrected chi connectivity index (χ2v) is 1.11. The zero-order valence-electron chi connectivity index (χ0n) is 4.63. The molecule has 0 fully saturated rings. The number of Topliss-reactive ketones (excluding diaryl/α,β-unsaturated/α-hetero) is 2. The summed E-state index contributed by atoms with van der Waals surface area (Å²) in [6, 6.07) is 0. The van der Waals surface area contributed by atoms with E-state index in [9.17, 15) is 9.59 Å². The van der Waals surface area contributed by atoms with Gasteiger partial charge in [-0.25, -0.2) is 0 Å². The Kier molecular flexibility index (Phi) is 13.6. The minimum atomic E-state index is -0.380. The summed E-state index contributed by atoms with van der Waals surface area (Å²) in [5.41, 5.74) is 0. The van der Waals surface area contributed by atoms with Gasteiger partial charge in [0.25, 0.3) is 0 Å². The van der Waals surface area contributed by atoms with Crippen molar-refractivity contribution in [3.8, 4) is 0 Å². The lowest BCUT2D eigenvalue weighted by molar-refractivity contribution is -0.134. The molecule has 0 aromatic heterocycles. The van der Waals surface area contributed by atoms with Crippen LogP contribution in [0.25, 0.3) is 0 Å². The smallest absolute Gasteiger partial charge is 0.195 e. The molecule has 50 valence electrons. The summed E-state index contributed by atoms with van der Waals surface area (Å²) in [5.74, 6) is -0.759. The predicted octanol–water partition coefficient (Wildman–Crippen LogP) is 1.01. The second kappa shape index (κ2) is 6.92. The Morgan fingerprint density at radius 2 is 1.00 bits per heavy atom. The van der Waals surface area contributed by atoms with E-state index >= 15 is 0 Å². The van der Waals surface area contributed by atoms with E-state index in [1.54, 1.807) is 0 Å². The number of halogens is 2. The van der Waals surface area contributed by atoms with Gasteiger partial charge in [0.15, 0.2) is 11.6 Å². The standard InChI is InChI=1S/C4H6O2.2ClH/c1-3(5)4(2)6;;/h1-2H3;2*1H. The van der Waals surface area contributed by atoms with Gasteiger partial charge in [-0.3, -0.25) is 9.59 Å². The van der Waals surface area contributed by atoms with Gasteiger partial charge in [0.1, 0.15) is 0 Å². The number of hydrogen-bond acceptors (Lipinski definition) is 2. The summed E-state index contributed by atoms with van der Waals surface area (Å²) in [4.78, 5) is 19.6. The third kappa shape index (κ3) is 9.33. The fraction of sp³-hybridized carbons (Fsp3) is 0.500. The van der Waals surface area contributed by atoms with Gasteiger partial charge in [-0.1, -0.05) is 0 Å². The van der Waals surface area contributed by atoms with E-state index in [0.717, 1.165) is 0 Å². The van der Waals surface area contributed by atoms with Crippen molar-refractivity contribution in [3.05, 3.63) is 0 Å². The molecule has 0 radical (unpaired) electrons. The molecular weight excluding hydrogens is 151 g/mol. The van der Waals surface area contributed by atoms with Crippen LogP contribution in [0, 0.1) is 0 Å². The SMILES string of the molecule is CC(=O)C(C)=O.Cl.Cl. The maximum atomic E-state index is 9.79. The third-order valence-electron chi connectivity index (χ3n) is 0.496. The molecular formula is C4H8Cl2O2. The summed E-state index contributed by atoms with van der Waals surface area (Å²) in [6.45, 7) is 2.50. The van der Waals surface area contributed by atoms with E-state index in [4.69, 9.17) is 0 Å². The average Bonchev–Trinajstić information content (AvgIpc) is 1.36. The largest absolute Gasteiger partial charge is 0.291 e. The topological polar surface area (TPSA) is 34.1 Å². The molecule has 0 saturated carbocycles. The molecule has 0 aliphatic carbocycles. The Bertz CT molecular complexity index is 78.0. The second-order valence-electron chi connectivity index (χ2n) is 1.11. The van der Waals surface area contributed by atoms with Gasteiger partial charge in [-0.15, -0.1) is 24.8 Å². The van der Waals surface area contributed by atoms with Crippen LogP contribution in [0.4, 0.5) is 0 Å². The molecule has 0 rings (SSSR count). The van der Waals surface area contributed by atoms with Crippen molar-refractivity contribution in [1.82, 2.24) is 0 Å². The normalized spacial score (nSPS) is 5.75. The fourth-order valence-electron chi connectivity index (χ4n) is 0. The predicted molar refractivity (Wildman–Crippen MR) is 35.9 cm³/mol. The van der Waals surface area contributed by atoms with Crippen LogP contribution in [0.15, 0.2) is 0 Å². The van der Waals surface area contributed by atoms with Gasteiger partial charge in [-0.05, 0) is 0 Å². The Morgan fingerprint density at radius 3 is 1.00 bits per heavy atom. The minimum absolute atomic E-state index is 0. The molecule has 0 aromatic rings. The van der Waals surface area contributed by atoms with Crippen LogP contribution >= 0.6 is 24.8 Å². The van der Waals surface area contributed by atoms with Crippen molar-refractivity contribution in [1.29, 1.82) is 0 Å². The van der Waals surface area contributed by atoms with Crippen LogP contribution < -0.4 is 0 Å². The molecule has 0 amide bonds. The first-order chi connectivity index (χ1) is 2.64. The highest BCUT2D eigenvalue weighted by Crippen LogP contribution is 1.66. The summed E-state index contributed by atoms with van der Waals surface area (Å²) in [7, 11) is 0. The third-order valence-corrected chi connectivity index (χ3v) is 0.496. The Balaban J connectivity index is -0.000000125. The highest BCUT2D eigenvalue weighted by atomic mass is 35.5. The van der Waals surface area contributed by atoms with Gasteiger partial charge in [0.05, 0.1) is 0 Å². The fourth-order valence-corrected chi connectivity index (χ4v) is 0. The molecule has 0 N–H and O–H groups in total. The first-order valence-electron chi connectivity index (χ1n) is 1.66. The van der Waals surface area contributed by atoms with Gasteiger partial charge in [0.2, 0.25) is 0 Å². The lowest BCUT2D eigenvalue weighted by Crippen LogP contribution is -2.01. The lowest BCUT2D eigenvalue weighted by Gasteiger charge is -1.73. The molecule has 2 nitrogen and oxygen atoms in total. The molecule has 0 saturated heterocycles. The zero-order valence-corrected chi connectivity index (χ0v) is 6.27. The number of hydrogen-bond donors (Lipinski definition) is 0. The molecule has 0 spiro atoms. The van der Waals surface area contributed by atoms with Crippen LogP contribution in [0.1, 0.15) is 13.8 Å². The molecule has 0 aliphatic rings. The van der Waals surface area contributed by atoms with Crippen LogP contribution in [0.5, 0.6) is 0 Å². The summed E-state index contributed by atoms with van der Waals surface area (Å²) >= 11 is 0. The Hall–Kier alpha value is -0.0800. The van der Waals surface area contributed by atoms with Crippen molar-refractivity contribution in [2.24, 2.45) is 0 Å². The van der Waals surface area contributed by atoms with Crippen molar-refractivity contribution in [3.63, 3.8) is 0 Å². The van der Waals surface area contributed by atoms with Crippen molar-refractivity contribution in [2.45, 2.75) is 13.8 Å². The number of ketones is 2. The molecule has 0 unspecified atom stereocenters. The number of rotatable bonds is 1.